The minimum absolute atomic E-state index is 0.855. The number of anilines is 1. The molecule has 1 saturated carbocycles. The lowest BCUT2D eigenvalue weighted by molar-refractivity contribution is 0.247. The smallest absolute Gasteiger partial charge is 0.0359 e. The molecule has 1 aromatic rings. The van der Waals surface area contributed by atoms with Crippen molar-refractivity contribution in [3.8, 4) is 0 Å². The highest BCUT2D eigenvalue weighted by Crippen LogP contribution is 2.28. The quantitative estimate of drug-likeness (QED) is 0.782. The molecule has 1 aliphatic carbocycles. The van der Waals surface area contributed by atoms with E-state index in [4.69, 9.17) is 5.73 Å². The largest absolute Gasteiger partial charge is 0.398 e. The van der Waals surface area contributed by atoms with E-state index in [0.717, 1.165) is 30.6 Å². The Morgan fingerprint density at radius 3 is 2.76 bits per heavy atom. The fraction of sp³-hybridized carbons (Fsp3) is 0.600. The second-order valence-electron chi connectivity index (χ2n) is 5.35. The van der Waals surface area contributed by atoms with Gasteiger partial charge in [0.25, 0.3) is 0 Å². The molecule has 0 radical (unpaired) electrons. The maximum atomic E-state index is 5.93. The van der Waals surface area contributed by atoms with Gasteiger partial charge in [0.2, 0.25) is 0 Å². The first-order valence-corrected chi connectivity index (χ1v) is 6.81. The SMILES string of the molecule is CC1CCCCC1CNCc1ccccc1N. The standard InChI is InChI=1S/C15H24N2/c1-12-6-2-3-7-13(12)10-17-11-14-8-4-5-9-15(14)16/h4-5,8-9,12-13,17H,2-3,6-7,10-11,16H2,1H3. The van der Waals surface area contributed by atoms with Crippen molar-refractivity contribution >= 4 is 5.69 Å². The van der Waals surface area contributed by atoms with Gasteiger partial charge in [0.05, 0.1) is 0 Å². The highest BCUT2D eigenvalue weighted by molar-refractivity contribution is 5.46. The second kappa shape index (κ2) is 6.06. The number of benzene rings is 1. The van der Waals surface area contributed by atoms with Gasteiger partial charge in [-0.25, -0.2) is 0 Å². The Hall–Kier alpha value is -1.02. The number of para-hydroxylation sites is 1. The number of hydrogen-bond acceptors (Lipinski definition) is 2. The predicted molar refractivity (Wildman–Crippen MR) is 73.7 cm³/mol. The van der Waals surface area contributed by atoms with Gasteiger partial charge in [-0.3, -0.25) is 0 Å². The minimum atomic E-state index is 0.855. The summed E-state index contributed by atoms with van der Waals surface area (Å²) in [4.78, 5) is 0. The van der Waals surface area contributed by atoms with Crippen LogP contribution in [0.25, 0.3) is 0 Å². The van der Waals surface area contributed by atoms with Gasteiger partial charge in [-0.1, -0.05) is 44.4 Å². The van der Waals surface area contributed by atoms with Crippen LogP contribution in [0.15, 0.2) is 24.3 Å². The molecule has 2 atom stereocenters. The summed E-state index contributed by atoms with van der Waals surface area (Å²) < 4.78 is 0. The van der Waals surface area contributed by atoms with E-state index >= 15 is 0 Å². The lowest BCUT2D eigenvalue weighted by atomic mass is 9.80. The molecule has 0 amide bonds. The van der Waals surface area contributed by atoms with Crippen LogP contribution < -0.4 is 11.1 Å². The molecule has 2 nitrogen and oxygen atoms in total. The van der Waals surface area contributed by atoms with Crippen LogP contribution in [0.4, 0.5) is 5.69 Å². The number of rotatable bonds is 4. The second-order valence-corrected chi connectivity index (χ2v) is 5.35. The zero-order valence-electron chi connectivity index (χ0n) is 10.8. The van der Waals surface area contributed by atoms with E-state index < -0.39 is 0 Å². The zero-order chi connectivity index (χ0) is 12.1. The first-order valence-electron chi connectivity index (χ1n) is 6.81. The van der Waals surface area contributed by atoms with Crippen LogP contribution in [0.1, 0.15) is 38.2 Å². The number of nitrogens with one attached hydrogen (secondary N) is 1. The van der Waals surface area contributed by atoms with Crippen LogP contribution in [-0.4, -0.2) is 6.54 Å². The zero-order valence-corrected chi connectivity index (χ0v) is 10.8. The molecule has 2 unspecified atom stereocenters. The fourth-order valence-electron chi connectivity index (χ4n) is 2.78. The van der Waals surface area contributed by atoms with Crippen LogP contribution in [0.5, 0.6) is 0 Å². The Balaban J connectivity index is 1.77. The predicted octanol–water partition coefficient (Wildman–Crippen LogP) is 3.18. The van der Waals surface area contributed by atoms with Crippen LogP contribution >= 0.6 is 0 Å². The van der Waals surface area contributed by atoms with E-state index in [1.54, 1.807) is 0 Å². The summed E-state index contributed by atoms with van der Waals surface area (Å²) in [6, 6.07) is 8.12. The Morgan fingerprint density at radius 2 is 2.00 bits per heavy atom. The topological polar surface area (TPSA) is 38.0 Å². The minimum Gasteiger partial charge on any atom is -0.398 e. The molecule has 0 aliphatic heterocycles. The van der Waals surface area contributed by atoms with Crippen molar-refractivity contribution < 1.29 is 0 Å². The van der Waals surface area contributed by atoms with Crippen LogP contribution in [0, 0.1) is 11.8 Å². The van der Waals surface area contributed by atoms with Crippen molar-refractivity contribution in [3.05, 3.63) is 29.8 Å². The molecule has 3 N–H and O–H groups in total. The van der Waals surface area contributed by atoms with Gasteiger partial charge in [0, 0.05) is 12.2 Å². The Labute approximate surface area is 105 Å². The molecule has 17 heavy (non-hydrogen) atoms. The summed E-state index contributed by atoms with van der Waals surface area (Å²) in [6.07, 6.45) is 5.62. The first kappa shape index (κ1) is 12.4. The average molecular weight is 232 g/mol. The maximum Gasteiger partial charge on any atom is 0.0359 e. The summed E-state index contributed by atoms with van der Waals surface area (Å²) in [5.41, 5.74) is 8.05. The number of hydrogen-bond donors (Lipinski definition) is 2. The number of nitrogens with two attached hydrogens (primary N) is 1. The molecule has 0 bridgehead atoms. The van der Waals surface area contributed by atoms with Crippen molar-refractivity contribution in [2.24, 2.45) is 11.8 Å². The lowest BCUT2D eigenvalue weighted by Gasteiger charge is -2.29. The van der Waals surface area contributed by atoms with E-state index in [0.29, 0.717) is 0 Å². The lowest BCUT2D eigenvalue weighted by Crippen LogP contribution is -2.29. The molecule has 1 aromatic carbocycles. The van der Waals surface area contributed by atoms with E-state index in [-0.39, 0.29) is 0 Å². The van der Waals surface area contributed by atoms with E-state index in [1.807, 2.05) is 12.1 Å². The van der Waals surface area contributed by atoms with E-state index in [9.17, 15) is 0 Å². The van der Waals surface area contributed by atoms with Crippen molar-refractivity contribution in [1.29, 1.82) is 0 Å². The van der Waals surface area contributed by atoms with E-state index in [2.05, 4.69) is 24.4 Å². The third-order valence-corrected chi connectivity index (χ3v) is 4.07. The monoisotopic (exact) mass is 232 g/mol. The fourth-order valence-corrected chi connectivity index (χ4v) is 2.78. The molecule has 0 saturated heterocycles. The van der Waals surface area contributed by atoms with Gasteiger partial charge in [0.15, 0.2) is 0 Å². The van der Waals surface area contributed by atoms with Gasteiger partial charge in [-0.05, 0) is 36.4 Å². The normalized spacial score (nSPS) is 24.8. The maximum absolute atomic E-state index is 5.93. The summed E-state index contributed by atoms with van der Waals surface area (Å²) in [7, 11) is 0. The average Bonchev–Trinajstić information content (AvgIpc) is 2.34. The van der Waals surface area contributed by atoms with Crippen LogP contribution in [-0.2, 0) is 6.54 Å². The molecule has 2 heteroatoms. The van der Waals surface area contributed by atoms with Crippen molar-refractivity contribution in [3.63, 3.8) is 0 Å². The summed E-state index contributed by atoms with van der Waals surface area (Å²) in [6.45, 7) is 4.42. The van der Waals surface area contributed by atoms with Gasteiger partial charge >= 0.3 is 0 Å². The number of nitrogen functional groups attached to an aromatic ring is 1. The molecule has 94 valence electrons. The molecule has 1 aliphatic rings. The molecule has 0 spiro atoms. The van der Waals surface area contributed by atoms with Gasteiger partial charge in [-0.2, -0.15) is 0 Å². The molecule has 1 fully saturated rings. The van der Waals surface area contributed by atoms with Crippen molar-refractivity contribution in [2.45, 2.75) is 39.2 Å². The molecule has 0 aromatic heterocycles. The highest BCUT2D eigenvalue weighted by atomic mass is 14.9. The Morgan fingerprint density at radius 1 is 1.24 bits per heavy atom. The van der Waals surface area contributed by atoms with Gasteiger partial charge < -0.3 is 11.1 Å². The molecular formula is C15H24N2. The summed E-state index contributed by atoms with van der Waals surface area (Å²) in [5, 5.41) is 3.56. The third kappa shape index (κ3) is 3.47. The highest BCUT2D eigenvalue weighted by Gasteiger charge is 2.20. The van der Waals surface area contributed by atoms with Gasteiger partial charge in [-0.15, -0.1) is 0 Å². The molecule has 0 heterocycles. The van der Waals surface area contributed by atoms with Crippen molar-refractivity contribution in [1.82, 2.24) is 5.32 Å². The van der Waals surface area contributed by atoms with Crippen LogP contribution in [0.3, 0.4) is 0 Å². The summed E-state index contributed by atoms with van der Waals surface area (Å²) in [5.74, 6) is 1.73. The third-order valence-electron chi connectivity index (χ3n) is 4.07. The molecule has 2 rings (SSSR count). The van der Waals surface area contributed by atoms with Crippen molar-refractivity contribution in [2.75, 3.05) is 12.3 Å². The van der Waals surface area contributed by atoms with E-state index in [1.165, 1.54) is 31.2 Å². The Bertz CT molecular complexity index is 349. The first-order chi connectivity index (χ1) is 8.27. The van der Waals surface area contributed by atoms with Gasteiger partial charge in [0.1, 0.15) is 0 Å². The Kier molecular flexibility index (Phi) is 4.43. The van der Waals surface area contributed by atoms with Crippen LogP contribution in [0.2, 0.25) is 0 Å². The summed E-state index contributed by atoms with van der Waals surface area (Å²) >= 11 is 0. The molecular weight excluding hydrogens is 208 g/mol.